The zero-order valence-electron chi connectivity index (χ0n) is 19.8. The summed E-state index contributed by atoms with van der Waals surface area (Å²) in [4.78, 5) is 32.3. The number of aryl methyl sites for hydroxylation is 1. The van der Waals surface area contributed by atoms with Gasteiger partial charge in [0.15, 0.2) is 0 Å². The van der Waals surface area contributed by atoms with Gasteiger partial charge in [-0.15, -0.1) is 0 Å². The molecule has 2 amide bonds. The molecule has 5 heterocycles. The molecule has 1 atom stereocenters. The Hall–Kier alpha value is -3.21. The molecular formula is C25H27ClN6O4. The van der Waals surface area contributed by atoms with Crippen LogP contribution in [-0.4, -0.2) is 69.0 Å². The van der Waals surface area contributed by atoms with Crippen LogP contribution in [0.4, 0.5) is 0 Å². The Balaban J connectivity index is 1.26. The molecule has 3 aliphatic heterocycles. The van der Waals surface area contributed by atoms with Crippen LogP contribution in [0, 0.1) is 0 Å². The van der Waals surface area contributed by atoms with Crippen LogP contribution >= 0.6 is 11.6 Å². The van der Waals surface area contributed by atoms with Crippen molar-refractivity contribution in [3.8, 4) is 5.69 Å². The van der Waals surface area contributed by atoms with Gasteiger partial charge in [0.05, 0.1) is 72.7 Å². The van der Waals surface area contributed by atoms with E-state index in [4.69, 9.17) is 21.1 Å². The summed E-state index contributed by atoms with van der Waals surface area (Å²) in [6.07, 6.45) is 6.50. The van der Waals surface area contributed by atoms with Gasteiger partial charge in [0, 0.05) is 25.2 Å². The number of morpholine rings is 1. The molecule has 1 saturated heterocycles. The summed E-state index contributed by atoms with van der Waals surface area (Å²) >= 11 is 6.75. The first-order valence-electron chi connectivity index (χ1n) is 12.3. The maximum Gasteiger partial charge on any atom is 0.272 e. The van der Waals surface area contributed by atoms with Crippen molar-refractivity contribution in [1.29, 1.82) is 0 Å². The van der Waals surface area contributed by atoms with Gasteiger partial charge in [0.1, 0.15) is 5.69 Å². The topological polar surface area (TPSA) is 104 Å². The van der Waals surface area contributed by atoms with Crippen LogP contribution < -0.4 is 5.32 Å². The van der Waals surface area contributed by atoms with E-state index in [1.54, 1.807) is 34.2 Å². The highest BCUT2D eigenvalue weighted by Gasteiger charge is 2.30. The predicted octanol–water partition coefficient (Wildman–Crippen LogP) is 2.53. The molecule has 0 bridgehead atoms. The average molecular weight is 511 g/mol. The van der Waals surface area contributed by atoms with Gasteiger partial charge >= 0.3 is 0 Å². The number of imidazole rings is 1. The molecular weight excluding hydrogens is 484 g/mol. The molecule has 2 aromatic heterocycles. The normalized spacial score (nSPS) is 19.5. The largest absolute Gasteiger partial charge is 0.378 e. The third kappa shape index (κ3) is 4.08. The zero-order chi connectivity index (χ0) is 24.6. The van der Waals surface area contributed by atoms with E-state index in [-0.39, 0.29) is 17.9 Å². The van der Waals surface area contributed by atoms with Gasteiger partial charge in [0.25, 0.3) is 11.8 Å². The molecule has 0 unspecified atom stereocenters. The second-order valence-electron chi connectivity index (χ2n) is 9.23. The lowest BCUT2D eigenvalue weighted by Crippen LogP contribution is -2.40. The third-order valence-electron chi connectivity index (χ3n) is 7.06. The van der Waals surface area contributed by atoms with Crippen LogP contribution in [0.2, 0.25) is 5.02 Å². The molecule has 0 aliphatic carbocycles. The van der Waals surface area contributed by atoms with Crippen LogP contribution in [0.3, 0.4) is 0 Å². The van der Waals surface area contributed by atoms with Crippen LogP contribution in [0.15, 0.2) is 30.7 Å². The van der Waals surface area contributed by atoms with Gasteiger partial charge in [-0.3, -0.25) is 9.59 Å². The number of nitrogens with one attached hydrogen (secondary N) is 1. The van der Waals surface area contributed by atoms with Crippen LogP contribution in [0.5, 0.6) is 0 Å². The number of carbonyl (C=O) groups is 2. The molecule has 11 heteroatoms. The molecule has 3 aromatic rings. The first-order chi connectivity index (χ1) is 17.6. The molecule has 6 rings (SSSR count). The van der Waals surface area contributed by atoms with Gasteiger partial charge in [-0.05, 0) is 31.4 Å². The van der Waals surface area contributed by atoms with Crippen molar-refractivity contribution in [1.82, 2.24) is 29.5 Å². The number of amides is 2. The van der Waals surface area contributed by atoms with Crippen LogP contribution in [0.1, 0.15) is 56.7 Å². The lowest BCUT2D eigenvalue weighted by molar-refractivity contribution is 0.0303. The number of hydrogen-bond acceptors (Lipinski definition) is 6. The summed E-state index contributed by atoms with van der Waals surface area (Å²) in [6, 6.07) is 4.98. The third-order valence-corrected chi connectivity index (χ3v) is 7.46. The summed E-state index contributed by atoms with van der Waals surface area (Å²) in [5.41, 5.74) is 4.13. The van der Waals surface area contributed by atoms with Crippen molar-refractivity contribution in [2.24, 2.45) is 0 Å². The second kappa shape index (κ2) is 9.68. The molecule has 36 heavy (non-hydrogen) atoms. The fraction of sp³-hybridized carbons (Fsp3) is 0.440. The minimum atomic E-state index is -0.368. The van der Waals surface area contributed by atoms with Crippen molar-refractivity contribution < 1.29 is 19.1 Å². The molecule has 0 saturated carbocycles. The number of ether oxygens (including phenoxy) is 2. The number of halogens is 1. The zero-order valence-corrected chi connectivity index (χ0v) is 20.5. The maximum absolute atomic E-state index is 13.1. The number of carbonyl (C=O) groups excluding carboxylic acids is 2. The summed E-state index contributed by atoms with van der Waals surface area (Å²) in [6.45, 7) is 3.65. The first kappa shape index (κ1) is 23.2. The number of hydrogen-bond donors (Lipinski definition) is 1. The number of benzene rings is 1. The highest BCUT2D eigenvalue weighted by Crippen LogP contribution is 2.32. The van der Waals surface area contributed by atoms with E-state index >= 15 is 0 Å². The van der Waals surface area contributed by atoms with Gasteiger partial charge in [0.2, 0.25) is 0 Å². The minimum Gasteiger partial charge on any atom is -0.378 e. The monoisotopic (exact) mass is 510 g/mol. The highest BCUT2D eigenvalue weighted by molar-refractivity contribution is 6.35. The van der Waals surface area contributed by atoms with Gasteiger partial charge in [-0.1, -0.05) is 17.7 Å². The Morgan fingerprint density at radius 1 is 1.08 bits per heavy atom. The number of nitrogens with zero attached hydrogens (tertiary/aromatic N) is 5. The minimum absolute atomic E-state index is 0.129. The molecule has 1 aromatic carbocycles. The Kier molecular flexibility index (Phi) is 6.24. The average Bonchev–Trinajstić information content (AvgIpc) is 3.54. The highest BCUT2D eigenvalue weighted by atomic mass is 35.5. The predicted molar refractivity (Wildman–Crippen MR) is 130 cm³/mol. The van der Waals surface area contributed by atoms with E-state index in [1.807, 2.05) is 6.07 Å². The smallest absolute Gasteiger partial charge is 0.272 e. The van der Waals surface area contributed by atoms with E-state index in [0.29, 0.717) is 61.5 Å². The van der Waals surface area contributed by atoms with E-state index in [0.717, 1.165) is 42.8 Å². The van der Waals surface area contributed by atoms with Crippen molar-refractivity contribution in [2.45, 2.75) is 38.5 Å². The fourth-order valence-corrected chi connectivity index (χ4v) is 5.44. The van der Waals surface area contributed by atoms with E-state index < -0.39 is 0 Å². The standard InChI is InChI=1S/C25H27ClN6O4/c26-22-16(25(34)30-8-10-35-11-9-30)4-3-6-19(22)32-21-14-36-13-18(17(21)12-28-32)29-24(33)23-20-5-1-2-7-31(20)15-27-23/h3-4,6,12,15,18H,1-2,5,7-11,13-14H2,(H,29,33)/t18-/m0/s1. The SMILES string of the molecule is O=C(N[C@H]1COCc2c1cnn2-c1cccc(C(=O)N2CCOCC2)c1Cl)c1ncn2c1CCCC2. The quantitative estimate of drug-likeness (QED) is 0.578. The van der Waals surface area contributed by atoms with Crippen LogP contribution in [0.25, 0.3) is 5.69 Å². The summed E-state index contributed by atoms with van der Waals surface area (Å²) in [7, 11) is 0. The van der Waals surface area contributed by atoms with Gasteiger partial charge < -0.3 is 24.3 Å². The molecule has 1 N–H and O–H groups in total. The van der Waals surface area contributed by atoms with Crippen molar-refractivity contribution in [3.63, 3.8) is 0 Å². The maximum atomic E-state index is 13.1. The van der Waals surface area contributed by atoms with E-state index in [9.17, 15) is 9.59 Å². The van der Waals surface area contributed by atoms with Crippen LogP contribution in [-0.2, 0) is 29.0 Å². The van der Waals surface area contributed by atoms with E-state index in [1.165, 1.54) is 0 Å². The second-order valence-corrected chi connectivity index (χ2v) is 9.61. The van der Waals surface area contributed by atoms with Crippen molar-refractivity contribution in [3.05, 3.63) is 64.0 Å². The van der Waals surface area contributed by atoms with Gasteiger partial charge in [-0.25, -0.2) is 9.67 Å². The van der Waals surface area contributed by atoms with E-state index in [2.05, 4.69) is 20.0 Å². The number of rotatable bonds is 4. The molecule has 3 aliphatic rings. The summed E-state index contributed by atoms with van der Waals surface area (Å²) in [5, 5.41) is 7.98. The Labute approximate surface area is 213 Å². The van der Waals surface area contributed by atoms with Crippen molar-refractivity contribution >= 4 is 23.4 Å². The molecule has 188 valence electrons. The summed E-state index contributed by atoms with van der Waals surface area (Å²) < 4.78 is 15.0. The van der Waals surface area contributed by atoms with Gasteiger partial charge in [-0.2, -0.15) is 5.10 Å². The fourth-order valence-electron chi connectivity index (χ4n) is 5.15. The Morgan fingerprint density at radius 2 is 1.94 bits per heavy atom. The molecule has 1 fully saturated rings. The molecule has 0 spiro atoms. The lowest BCUT2D eigenvalue weighted by Gasteiger charge is -2.27. The molecule has 0 radical (unpaired) electrons. The molecule has 10 nitrogen and oxygen atoms in total. The first-order valence-corrected chi connectivity index (χ1v) is 12.6. The number of aromatic nitrogens is 4. The lowest BCUT2D eigenvalue weighted by atomic mass is 10.0. The Bertz CT molecular complexity index is 1310. The number of fused-ring (bicyclic) bond motifs is 2. The Morgan fingerprint density at radius 3 is 2.81 bits per heavy atom. The summed E-state index contributed by atoms with van der Waals surface area (Å²) in [5.74, 6) is -0.341. The van der Waals surface area contributed by atoms with Crippen molar-refractivity contribution in [2.75, 3.05) is 32.9 Å².